The number of rotatable bonds is 38. The van der Waals surface area contributed by atoms with Gasteiger partial charge in [0.2, 0.25) is 0 Å². The van der Waals surface area contributed by atoms with Crippen LogP contribution in [0.3, 0.4) is 0 Å². The van der Waals surface area contributed by atoms with E-state index in [1.807, 2.05) is 24.3 Å². The van der Waals surface area contributed by atoms with Crippen LogP contribution in [0, 0.1) is 0 Å². The van der Waals surface area contributed by atoms with Gasteiger partial charge < -0.3 is 11.5 Å². The zero-order valence-corrected chi connectivity index (χ0v) is 44.4. The maximum absolute atomic E-state index is 14.6. The van der Waals surface area contributed by atoms with Gasteiger partial charge in [0.15, 0.2) is 11.6 Å². The second-order valence-corrected chi connectivity index (χ2v) is 22.2. The molecular weight excluding hydrogens is 869 g/mol. The van der Waals surface area contributed by atoms with Crippen LogP contribution in [0.15, 0.2) is 92.4 Å². The summed E-state index contributed by atoms with van der Waals surface area (Å²) in [6.45, 7) is 4.58. The van der Waals surface area contributed by atoms with Crippen molar-refractivity contribution in [1.29, 1.82) is 0 Å². The fourth-order valence-corrected chi connectivity index (χ4v) is 12.0. The monoisotopic (exact) mass is 959 g/mol. The van der Waals surface area contributed by atoms with E-state index in [0.717, 1.165) is 32.4 Å². The van der Waals surface area contributed by atoms with E-state index in [9.17, 15) is 9.59 Å². The van der Waals surface area contributed by atoms with E-state index in [1.165, 1.54) is 240 Å². The highest BCUT2D eigenvalue weighted by Gasteiger charge is 2.34. The third kappa shape index (κ3) is 19.4. The number of benzene rings is 4. The van der Waals surface area contributed by atoms with Crippen LogP contribution in [-0.4, -0.2) is 11.6 Å². The Bertz CT molecular complexity index is 1930. The zero-order valence-electron chi connectivity index (χ0n) is 42.8. The number of hydrogen-bond donors (Lipinski definition) is 2. The Balaban J connectivity index is 1.03. The molecule has 1 aliphatic rings. The summed E-state index contributed by atoms with van der Waals surface area (Å²) in [4.78, 5) is 31.9. The van der Waals surface area contributed by atoms with Gasteiger partial charge in [0, 0.05) is 53.2 Å². The Morgan fingerprint density at radius 2 is 0.632 bits per heavy atom. The minimum Gasteiger partial charge on any atom is -0.398 e. The summed E-state index contributed by atoms with van der Waals surface area (Å²) in [6, 6.07) is 23.9. The topological polar surface area (TPSA) is 86.2 Å². The maximum Gasteiger partial charge on any atom is 0.196 e. The van der Waals surface area contributed by atoms with Gasteiger partial charge in [0.25, 0.3) is 0 Å². The van der Waals surface area contributed by atoms with Crippen LogP contribution < -0.4 is 11.5 Å². The lowest BCUT2D eigenvalue weighted by molar-refractivity contribution is 0.0974. The number of carbonyl (C=O) groups is 2. The lowest BCUT2D eigenvalue weighted by atomic mass is 9.84. The van der Waals surface area contributed by atoms with Crippen LogP contribution in [-0.2, 0) is 12.8 Å². The SMILES string of the molecule is CCCCCCCCCCCCCCCCCCc1ccc(Sc2cccc3c2C(=O)c2c(Sc4ccc(CCCCCCCCCCCCCCCCCC)cc4N)cccc2C3=O)c(N)c1. The molecule has 0 spiro atoms. The third-order valence-corrected chi connectivity index (χ3v) is 16.5. The number of nitrogens with two attached hydrogens (primary N) is 2. The summed E-state index contributed by atoms with van der Waals surface area (Å²) >= 11 is 2.95. The number of carbonyl (C=O) groups excluding carboxylic acids is 2. The second-order valence-electron chi connectivity index (χ2n) is 20.1. The normalized spacial score (nSPS) is 12.2. The molecule has 0 saturated carbocycles. The number of ketones is 2. The van der Waals surface area contributed by atoms with Crippen LogP contribution in [0.1, 0.15) is 262 Å². The summed E-state index contributed by atoms with van der Waals surface area (Å²) in [5.41, 5.74) is 19.1. The molecule has 0 aromatic heterocycles. The van der Waals surface area contributed by atoms with Crippen molar-refractivity contribution < 1.29 is 9.59 Å². The molecule has 0 aliphatic heterocycles. The molecule has 4 aromatic carbocycles. The van der Waals surface area contributed by atoms with Gasteiger partial charge in [-0.15, -0.1) is 0 Å². The smallest absolute Gasteiger partial charge is 0.196 e. The number of fused-ring (bicyclic) bond motifs is 2. The molecule has 0 unspecified atom stereocenters. The van der Waals surface area contributed by atoms with Crippen LogP contribution >= 0.6 is 23.5 Å². The van der Waals surface area contributed by atoms with E-state index in [4.69, 9.17) is 11.5 Å². The highest BCUT2D eigenvalue weighted by atomic mass is 32.2. The fourth-order valence-electron chi connectivity index (χ4n) is 10.0. The van der Waals surface area contributed by atoms with Gasteiger partial charge in [0.1, 0.15) is 0 Å². The molecule has 0 radical (unpaired) electrons. The number of unbranched alkanes of at least 4 members (excludes halogenated alkanes) is 30. The summed E-state index contributed by atoms with van der Waals surface area (Å²) in [6.07, 6.45) is 45.8. The summed E-state index contributed by atoms with van der Waals surface area (Å²) in [5.74, 6) is -0.248. The van der Waals surface area contributed by atoms with Crippen molar-refractivity contribution in [3.8, 4) is 0 Å². The van der Waals surface area contributed by atoms with E-state index >= 15 is 0 Å². The minimum atomic E-state index is -0.127. The molecule has 0 heterocycles. The predicted molar refractivity (Wildman–Crippen MR) is 296 cm³/mol. The molecule has 4 aromatic rings. The van der Waals surface area contributed by atoms with E-state index < -0.39 is 0 Å². The van der Waals surface area contributed by atoms with Crippen molar-refractivity contribution in [2.24, 2.45) is 0 Å². The molecular formula is C62H90N2O2S2. The Labute approximate surface area is 423 Å². The number of anilines is 2. The van der Waals surface area contributed by atoms with E-state index in [-0.39, 0.29) is 11.6 Å². The highest BCUT2D eigenvalue weighted by molar-refractivity contribution is 8.00. The highest BCUT2D eigenvalue weighted by Crippen LogP contribution is 2.43. The average Bonchev–Trinajstić information content (AvgIpc) is 3.34. The summed E-state index contributed by atoms with van der Waals surface area (Å²) in [7, 11) is 0. The molecule has 6 heteroatoms. The molecule has 4 N–H and O–H groups in total. The number of aryl methyl sites for hydroxylation is 2. The summed E-state index contributed by atoms with van der Waals surface area (Å²) in [5, 5.41) is 0. The van der Waals surface area contributed by atoms with Crippen molar-refractivity contribution in [2.75, 3.05) is 11.5 Å². The molecule has 0 amide bonds. The fraction of sp³-hybridized carbons (Fsp3) is 0.581. The summed E-state index contributed by atoms with van der Waals surface area (Å²) < 4.78 is 0. The van der Waals surface area contributed by atoms with Crippen molar-refractivity contribution in [3.63, 3.8) is 0 Å². The van der Waals surface area contributed by atoms with Crippen molar-refractivity contribution in [1.82, 2.24) is 0 Å². The molecule has 0 fully saturated rings. The van der Waals surface area contributed by atoms with Gasteiger partial charge in [-0.2, -0.15) is 0 Å². The zero-order chi connectivity index (χ0) is 48.0. The van der Waals surface area contributed by atoms with Crippen LogP contribution in [0.2, 0.25) is 0 Å². The Hall–Kier alpha value is -3.48. The molecule has 5 rings (SSSR count). The largest absolute Gasteiger partial charge is 0.398 e. The Morgan fingerprint density at radius 1 is 0.338 bits per heavy atom. The van der Waals surface area contributed by atoms with Crippen molar-refractivity contribution in [3.05, 3.63) is 106 Å². The molecule has 0 bridgehead atoms. The minimum absolute atomic E-state index is 0.122. The first-order valence-electron chi connectivity index (χ1n) is 27.9. The van der Waals surface area contributed by atoms with Gasteiger partial charge in [-0.25, -0.2) is 0 Å². The van der Waals surface area contributed by atoms with Crippen molar-refractivity contribution in [2.45, 2.75) is 252 Å². The van der Waals surface area contributed by atoms with E-state index in [2.05, 4.69) is 50.2 Å². The van der Waals surface area contributed by atoms with Gasteiger partial charge in [0.05, 0.1) is 0 Å². The Kier molecular flexibility index (Phi) is 27.0. The lowest BCUT2D eigenvalue weighted by Crippen LogP contribution is -2.22. The molecule has 0 saturated heterocycles. The van der Waals surface area contributed by atoms with Crippen LogP contribution in [0.4, 0.5) is 11.4 Å². The lowest BCUT2D eigenvalue weighted by Gasteiger charge is -2.22. The first kappa shape index (κ1) is 55.4. The predicted octanol–water partition coefficient (Wildman–Crippen LogP) is 19.5. The van der Waals surface area contributed by atoms with Gasteiger partial charge in [-0.3, -0.25) is 9.59 Å². The first-order valence-corrected chi connectivity index (χ1v) is 29.5. The van der Waals surface area contributed by atoms with Crippen molar-refractivity contribution >= 4 is 46.5 Å². The van der Waals surface area contributed by atoms with Crippen LogP contribution in [0.5, 0.6) is 0 Å². The van der Waals surface area contributed by atoms with E-state index in [0.29, 0.717) is 33.6 Å². The van der Waals surface area contributed by atoms with Crippen LogP contribution in [0.25, 0.3) is 0 Å². The molecule has 4 nitrogen and oxygen atoms in total. The molecule has 1 aliphatic carbocycles. The Morgan fingerprint density at radius 3 is 0.926 bits per heavy atom. The maximum atomic E-state index is 14.6. The van der Waals surface area contributed by atoms with Gasteiger partial charge in [-0.1, -0.05) is 266 Å². The average molecular weight is 960 g/mol. The van der Waals surface area contributed by atoms with Gasteiger partial charge >= 0.3 is 0 Å². The third-order valence-electron chi connectivity index (χ3n) is 14.2. The molecule has 372 valence electrons. The second kappa shape index (κ2) is 33.2. The molecule has 0 atom stereocenters. The quantitative estimate of drug-likeness (QED) is 0.0303. The van der Waals surface area contributed by atoms with Gasteiger partial charge in [-0.05, 0) is 73.2 Å². The standard InChI is InChI=1S/C62H90N2O2S2/c1-3-5-7-9-11-13-15-17-19-21-23-25-27-29-31-33-37-49-43-45-55(53(63)47-49)67-57-41-35-39-51-59(57)62(66)60-52(61(51)65)40-36-42-58(60)68-56-46-44-50(48-54(56)64)38-34-32-30-28-26-24-22-20-18-16-14-12-10-8-6-4-2/h35-36,39-48H,3-34,37-38,63-64H2,1-2H3. The number of hydrogen-bond acceptors (Lipinski definition) is 6. The van der Waals surface area contributed by atoms with E-state index in [1.54, 1.807) is 12.1 Å². The first-order chi connectivity index (χ1) is 33.4. The number of nitrogen functional groups attached to an aromatic ring is 2. The molecule has 68 heavy (non-hydrogen) atoms.